The molecular formula is C22H28O2. The van der Waals surface area contributed by atoms with Crippen LogP contribution in [0.2, 0.25) is 0 Å². The molecule has 0 radical (unpaired) electrons. The first kappa shape index (κ1) is 16.9. The highest BCUT2D eigenvalue weighted by Gasteiger charge is 2.35. The summed E-state index contributed by atoms with van der Waals surface area (Å²) in [5, 5.41) is 10.8. The fourth-order valence-electron chi connectivity index (χ4n) is 3.83. The first-order valence-electron chi connectivity index (χ1n) is 8.84. The predicted molar refractivity (Wildman–Crippen MR) is 99.9 cm³/mol. The molecule has 0 bridgehead atoms. The van der Waals surface area contributed by atoms with E-state index < -0.39 is 5.60 Å². The van der Waals surface area contributed by atoms with E-state index in [-0.39, 0.29) is 5.41 Å². The minimum atomic E-state index is -0.407. The summed E-state index contributed by atoms with van der Waals surface area (Å²) in [7, 11) is 0. The zero-order chi connectivity index (χ0) is 17.7. The lowest BCUT2D eigenvalue weighted by molar-refractivity contribution is 0.105. The van der Waals surface area contributed by atoms with E-state index in [9.17, 15) is 5.11 Å². The first-order chi connectivity index (χ1) is 11.2. The Balaban J connectivity index is 2.23. The van der Waals surface area contributed by atoms with Gasteiger partial charge in [0, 0.05) is 5.56 Å². The van der Waals surface area contributed by atoms with Gasteiger partial charge >= 0.3 is 0 Å². The molecule has 0 aromatic heterocycles. The number of phenolic OH excluding ortho intramolecular Hbond substituents is 1. The molecule has 24 heavy (non-hydrogen) atoms. The number of benzene rings is 2. The highest BCUT2D eigenvalue weighted by Crippen LogP contribution is 2.51. The van der Waals surface area contributed by atoms with Gasteiger partial charge in [0.2, 0.25) is 0 Å². The molecule has 2 nitrogen and oxygen atoms in total. The van der Waals surface area contributed by atoms with E-state index in [0.29, 0.717) is 5.75 Å². The average Bonchev–Trinajstić information content (AvgIpc) is 2.45. The number of phenols is 1. The Kier molecular flexibility index (Phi) is 3.90. The summed E-state index contributed by atoms with van der Waals surface area (Å²) in [5.74, 6) is 1.10. The van der Waals surface area contributed by atoms with Gasteiger partial charge in [0.15, 0.2) is 0 Å². The summed E-state index contributed by atoms with van der Waals surface area (Å²) in [6.07, 6.45) is 2.18. The second-order valence-electron chi connectivity index (χ2n) is 8.16. The summed E-state index contributed by atoms with van der Waals surface area (Å²) < 4.78 is 6.32. The summed E-state index contributed by atoms with van der Waals surface area (Å²) >= 11 is 0. The SMILES string of the molecule is CCCC(C)(C)c1cc(O)c2c(c1)OC(C)(C)c1ccc(C)cc1-2. The normalized spacial score (nSPS) is 15.4. The van der Waals surface area contributed by atoms with Crippen molar-refractivity contribution in [2.24, 2.45) is 0 Å². The Hall–Kier alpha value is -1.96. The number of hydrogen-bond donors (Lipinski definition) is 1. The van der Waals surface area contributed by atoms with E-state index in [2.05, 4.69) is 65.8 Å². The summed E-state index contributed by atoms with van der Waals surface area (Å²) in [5.41, 5.74) is 4.95. The fraction of sp³-hybridized carbons (Fsp3) is 0.455. The van der Waals surface area contributed by atoms with Crippen LogP contribution in [0.4, 0.5) is 0 Å². The monoisotopic (exact) mass is 324 g/mol. The lowest BCUT2D eigenvalue weighted by atomic mass is 9.78. The quantitative estimate of drug-likeness (QED) is 0.742. The minimum absolute atomic E-state index is 0.0155. The van der Waals surface area contributed by atoms with Crippen molar-refractivity contribution in [2.75, 3.05) is 0 Å². The molecule has 0 atom stereocenters. The van der Waals surface area contributed by atoms with Gasteiger partial charge in [-0.25, -0.2) is 0 Å². The van der Waals surface area contributed by atoms with Gasteiger partial charge in [-0.1, -0.05) is 51.0 Å². The maximum Gasteiger partial charge on any atom is 0.132 e. The van der Waals surface area contributed by atoms with Gasteiger partial charge in [0.1, 0.15) is 17.1 Å². The Morgan fingerprint density at radius 2 is 1.83 bits per heavy atom. The van der Waals surface area contributed by atoms with Gasteiger partial charge in [-0.3, -0.25) is 0 Å². The smallest absolute Gasteiger partial charge is 0.132 e. The summed E-state index contributed by atoms with van der Waals surface area (Å²) in [4.78, 5) is 0. The minimum Gasteiger partial charge on any atom is -0.507 e. The Morgan fingerprint density at radius 1 is 1.12 bits per heavy atom. The van der Waals surface area contributed by atoms with Crippen molar-refractivity contribution in [3.05, 3.63) is 47.0 Å². The van der Waals surface area contributed by atoms with E-state index in [1.54, 1.807) is 0 Å². The lowest BCUT2D eigenvalue weighted by Crippen LogP contribution is -2.29. The van der Waals surface area contributed by atoms with Crippen molar-refractivity contribution in [2.45, 2.75) is 65.4 Å². The number of aryl methyl sites for hydroxylation is 1. The molecule has 0 aliphatic carbocycles. The number of fused-ring (bicyclic) bond motifs is 3. The van der Waals surface area contributed by atoms with Crippen LogP contribution in [0, 0.1) is 6.92 Å². The molecule has 0 amide bonds. The van der Waals surface area contributed by atoms with E-state index >= 15 is 0 Å². The third kappa shape index (κ3) is 2.68. The van der Waals surface area contributed by atoms with Crippen LogP contribution in [0.25, 0.3) is 11.1 Å². The molecule has 1 aliphatic rings. The van der Waals surface area contributed by atoms with Gasteiger partial charge in [0.05, 0.1) is 5.56 Å². The molecule has 1 aliphatic heterocycles. The highest BCUT2D eigenvalue weighted by atomic mass is 16.5. The van der Waals surface area contributed by atoms with Crippen molar-refractivity contribution in [1.82, 2.24) is 0 Å². The fourth-order valence-corrected chi connectivity index (χ4v) is 3.83. The van der Waals surface area contributed by atoms with Crippen LogP contribution >= 0.6 is 0 Å². The van der Waals surface area contributed by atoms with E-state index in [1.807, 2.05) is 6.07 Å². The van der Waals surface area contributed by atoms with Gasteiger partial charge in [-0.15, -0.1) is 0 Å². The van der Waals surface area contributed by atoms with Crippen LogP contribution in [-0.4, -0.2) is 5.11 Å². The summed E-state index contributed by atoms with van der Waals surface area (Å²) in [6, 6.07) is 10.4. The largest absolute Gasteiger partial charge is 0.507 e. The average molecular weight is 324 g/mol. The van der Waals surface area contributed by atoms with E-state index in [1.165, 1.54) is 5.56 Å². The third-order valence-electron chi connectivity index (χ3n) is 5.20. The molecule has 128 valence electrons. The van der Waals surface area contributed by atoms with Crippen molar-refractivity contribution < 1.29 is 9.84 Å². The predicted octanol–water partition coefficient (Wildman–Crippen LogP) is 6.07. The van der Waals surface area contributed by atoms with Crippen molar-refractivity contribution in [1.29, 1.82) is 0 Å². The van der Waals surface area contributed by atoms with Gasteiger partial charge < -0.3 is 9.84 Å². The molecule has 3 rings (SSSR count). The van der Waals surface area contributed by atoms with Crippen LogP contribution < -0.4 is 4.74 Å². The molecule has 2 aromatic carbocycles. The maximum absolute atomic E-state index is 10.8. The first-order valence-corrected chi connectivity index (χ1v) is 8.84. The Morgan fingerprint density at radius 3 is 2.50 bits per heavy atom. The second-order valence-corrected chi connectivity index (χ2v) is 8.16. The molecule has 2 heteroatoms. The van der Waals surface area contributed by atoms with Gasteiger partial charge in [-0.05, 0) is 55.9 Å². The number of aromatic hydroxyl groups is 1. The second kappa shape index (κ2) is 5.54. The van der Waals surface area contributed by atoms with Crippen LogP contribution in [-0.2, 0) is 11.0 Å². The van der Waals surface area contributed by atoms with Crippen LogP contribution in [0.1, 0.15) is 64.2 Å². The van der Waals surface area contributed by atoms with Crippen LogP contribution in [0.3, 0.4) is 0 Å². The van der Waals surface area contributed by atoms with E-state index in [4.69, 9.17) is 4.74 Å². The molecule has 1 heterocycles. The van der Waals surface area contributed by atoms with Crippen molar-refractivity contribution in [3.63, 3.8) is 0 Å². The molecule has 0 spiro atoms. The Bertz CT molecular complexity index is 785. The van der Waals surface area contributed by atoms with Gasteiger partial charge in [0.25, 0.3) is 0 Å². The third-order valence-corrected chi connectivity index (χ3v) is 5.20. The molecule has 0 saturated carbocycles. The highest BCUT2D eigenvalue weighted by molar-refractivity contribution is 5.82. The topological polar surface area (TPSA) is 29.5 Å². The number of ether oxygens (including phenoxy) is 1. The van der Waals surface area contributed by atoms with E-state index in [0.717, 1.165) is 40.8 Å². The molecule has 0 unspecified atom stereocenters. The summed E-state index contributed by atoms with van der Waals surface area (Å²) in [6.45, 7) is 12.9. The lowest BCUT2D eigenvalue weighted by Gasteiger charge is -2.36. The zero-order valence-corrected chi connectivity index (χ0v) is 15.7. The van der Waals surface area contributed by atoms with Crippen molar-refractivity contribution in [3.8, 4) is 22.6 Å². The molecular weight excluding hydrogens is 296 g/mol. The number of rotatable bonds is 3. The Labute approximate surface area is 145 Å². The maximum atomic E-state index is 10.8. The molecule has 0 fully saturated rings. The molecule has 0 saturated heterocycles. The molecule has 1 N–H and O–H groups in total. The zero-order valence-electron chi connectivity index (χ0n) is 15.7. The van der Waals surface area contributed by atoms with Crippen LogP contribution in [0.15, 0.2) is 30.3 Å². The van der Waals surface area contributed by atoms with Gasteiger partial charge in [-0.2, -0.15) is 0 Å². The van der Waals surface area contributed by atoms with Crippen LogP contribution in [0.5, 0.6) is 11.5 Å². The number of hydrogen-bond acceptors (Lipinski definition) is 2. The molecule has 2 aromatic rings. The van der Waals surface area contributed by atoms with Crippen molar-refractivity contribution >= 4 is 0 Å². The standard InChI is InChI=1S/C22H28O2/c1-7-10-21(3,4)15-12-18(23)20-16-11-14(2)8-9-17(16)22(5,6)24-19(20)13-15/h8-9,11-13,23H,7,10H2,1-6H3.